The van der Waals surface area contributed by atoms with Crippen molar-refractivity contribution in [2.45, 2.75) is 38.6 Å². The van der Waals surface area contributed by atoms with E-state index in [1.54, 1.807) is 32.9 Å². The summed E-state index contributed by atoms with van der Waals surface area (Å²) >= 11 is 0. The molecule has 0 aliphatic heterocycles. The van der Waals surface area contributed by atoms with Crippen LogP contribution in [-0.4, -0.2) is 61.4 Å². The minimum absolute atomic E-state index is 0.0922. The molecule has 2 unspecified atom stereocenters. The van der Waals surface area contributed by atoms with Gasteiger partial charge < -0.3 is 15.3 Å². The molecule has 2 N–H and O–H groups in total. The van der Waals surface area contributed by atoms with Gasteiger partial charge in [-0.1, -0.05) is 32.9 Å². The summed E-state index contributed by atoms with van der Waals surface area (Å²) < 4.78 is 26.4. The predicted molar refractivity (Wildman–Crippen MR) is 103 cm³/mol. The summed E-state index contributed by atoms with van der Waals surface area (Å²) in [4.78, 5) is 24.6. The number of hydrogen-bond acceptors (Lipinski definition) is 4. The highest BCUT2D eigenvalue weighted by molar-refractivity contribution is 7.89. The summed E-state index contributed by atoms with van der Waals surface area (Å²) in [6, 6.07) is 5.65. The number of carboxylic acid groups (broad SMARTS) is 1. The van der Waals surface area contributed by atoms with Gasteiger partial charge in [0, 0.05) is 26.7 Å². The predicted octanol–water partition coefficient (Wildman–Crippen LogP) is 2.14. The summed E-state index contributed by atoms with van der Waals surface area (Å²) in [5.41, 5.74) is 0.751. The zero-order valence-corrected chi connectivity index (χ0v) is 17.3. The van der Waals surface area contributed by atoms with Crippen LogP contribution in [0.4, 0.5) is 4.79 Å². The highest BCUT2D eigenvalue weighted by Crippen LogP contribution is 2.19. The van der Waals surface area contributed by atoms with Gasteiger partial charge in [-0.3, -0.25) is 4.79 Å². The molecule has 8 nitrogen and oxygen atoms in total. The Bertz CT molecular complexity index is 745. The Balaban J connectivity index is 2.81. The van der Waals surface area contributed by atoms with Crippen LogP contribution in [0.3, 0.4) is 0 Å². The minimum atomic E-state index is -3.52. The molecule has 9 heteroatoms. The lowest BCUT2D eigenvalue weighted by Gasteiger charge is -2.23. The number of amides is 2. The van der Waals surface area contributed by atoms with Gasteiger partial charge in [0.2, 0.25) is 10.0 Å². The van der Waals surface area contributed by atoms with E-state index in [2.05, 4.69) is 5.32 Å². The fraction of sp³-hybridized carbons (Fsp3) is 0.556. The molecule has 1 aromatic carbocycles. The lowest BCUT2D eigenvalue weighted by Crippen LogP contribution is -2.41. The Kier molecular flexibility index (Phi) is 8.23. The molecule has 0 aliphatic carbocycles. The van der Waals surface area contributed by atoms with E-state index in [0.717, 1.165) is 5.56 Å². The number of rotatable bonds is 9. The van der Waals surface area contributed by atoms with Gasteiger partial charge in [0.1, 0.15) is 0 Å². The van der Waals surface area contributed by atoms with Gasteiger partial charge in [-0.25, -0.2) is 13.2 Å². The number of aliphatic carboxylic acids is 1. The number of hydrogen-bond donors (Lipinski definition) is 2. The summed E-state index contributed by atoms with van der Waals surface area (Å²) in [5.74, 6) is -1.63. The number of carbonyl (C=O) groups excluding carboxylic acids is 1. The molecule has 27 heavy (non-hydrogen) atoms. The first-order chi connectivity index (χ1) is 12.5. The van der Waals surface area contributed by atoms with Gasteiger partial charge in [0.15, 0.2) is 0 Å². The maximum absolute atomic E-state index is 12.5. The molecule has 0 aromatic heterocycles. The van der Waals surface area contributed by atoms with E-state index in [9.17, 15) is 18.0 Å². The number of benzene rings is 1. The molecule has 0 aliphatic rings. The van der Waals surface area contributed by atoms with Crippen molar-refractivity contribution in [1.82, 2.24) is 14.5 Å². The topological polar surface area (TPSA) is 107 Å². The van der Waals surface area contributed by atoms with Crippen molar-refractivity contribution in [1.29, 1.82) is 0 Å². The second-order valence-corrected chi connectivity index (χ2v) is 8.39. The monoisotopic (exact) mass is 399 g/mol. The molecule has 1 rings (SSSR count). The van der Waals surface area contributed by atoms with Crippen LogP contribution in [0.2, 0.25) is 0 Å². The second-order valence-electron chi connectivity index (χ2n) is 6.45. The normalized spacial score (nSPS) is 13.9. The molecule has 0 saturated carbocycles. The van der Waals surface area contributed by atoms with Crippen LogP contribution in [-0.2, 0) is 14.8 Å². The number of carboxylic acids is 1. The molecule has 0 spiro atoms. The van der Waals surface area contributed by atoms with Crippen molar-refractivity contribution >= 4 is 22.0 Å². The average Bonchev–Trinajstić information content (AvgIpc) is 2.62. The highest BCUT2D eigenvalue weighted by Gasteiger charge is 2.22. The number of nitrogens with zero attached hydrogens (tertiary/aromatic N) is 2. The molecule has 0 heterocycles. The molecular weight excluding hydrogens is 370 g/mol. The standard InChI is InChI=1S/C18H29N3O5S/c1-6-21(7-2)27(25,26)16-10-8-15(9-11-16)14(4)19-18(24)20(5)12-13(3)17(22)23/h8-11,13-14H,6-7,12H2,1-5H3,(H,19,24)(H,22,23). The van der Waals surface area contributed by atoms with Gasteiger partial charge >= 0.3 is 12.0 Å². The summed E-state index contributed by atoms with van der Waals surface area (Å²) in [5, 5.41) is 11.7. The first-order valence-electron chi connectivity index (χ1n) is 8.89. The third-order valence-electron chi connectivity index (χ3n) is 4.38. The van der Waals surface area contributed by atoms with Crippen LogP contribution >= 0.6 is 0 Å². The van der Waals surface area contributed by atoms with Crippen molar-refractivity contribution in [2.75, 3.05) is 26.7 Å². The maximum Gasteiger partial charge on any atom is 0.317 e. The van der Waals surface area contributed by atoms with Crippen molar-refractivity contribution in [3.8, 4) is 0 Å². The lowest BCUT2D eigenvalue weighted by molar-refractivity contribution is -0.141. The average molecular weight is 400 g/mol. The van der Waals surface area contributed by atoms with Crippen LogP contribution in [0.5, 0.6) is 0 Å². The SMILES string of the molecule is CCN(CC)S(=O)(=O)c1ccc(C(C)NC(=O)N(C)CC(C)C(=O)O)cc1. The Morgan fingerprint density at radius 3 is 2.07 bits per heavy atom. The molecule has 1 aromatic rings. The molecule has 152 valence electrons. The fourth-order valence-corrected chi connectivity index (χ4v) is 4.05. The molecule has 0 bridgehead atoms. The van der Waals surface area contributed by atoms with Gasteiger partial charge in [-0.2, -0.15) is 4.31 Å². The zero-order valence-electron chi connectivity index (χ0n) is 16.5. The molecule has 2 atom stereocenters. The quantitative estimate of drug-likeness (QED) is 0.662. The van der Waals surface area contributed by atoms with Gasteiger partial charge in [-0.15, -0.1) is 0 Å². The first-order valence-corrected chi connectivity index (χ1v) is 10.3. The van der Waals surface area contributed by atoms with Gasteiger partial charge in [0.05, 0.1) is 16.9 Å². The van der Waals surface area contributed by atoms with Crippen LogP contribution in [0.25, 0.3) is 0 Å². The number of sulfonamides is 1. The zero-order chi connectivity index (χ0) is 20.8. The van der Waals surface area contributed by atoms with E-state index in [-0.39, 0.29) is 17.5 Å². The van der Waals surface area contributed by atoms with Crippen molar-refractivity contribution in [2.24, 2.45) is 5.92 Å². The molecular formula is C18H29N3O5S. The van der Waals surface area contributed by atoms with E-state index in [4.69, 9.17) is 5.11 Å². The Hall–Kier alpha value is -2.13. The Labute approximate surface area is 161 Å². The highest BCUT2D eigenvalue weighted by atomic mass is 32.2. The van der Waals surface area contributed by atoms with Crippen molar-refractivity contribution < 1.29 is 23.1 Å². The van der Waals surface area contributed by atoms with Gasteiger partial charge in [0.25, 0.3) is 0 Å². The van der Waals surface area contributed by atoms with E-state index in [0.29, 0.717) is 13.1 Å². The van der Waals surface area contributed by atoms with Gasteiger partial charge in [-0.05, 0) is 24.6 Å². The Morgan fingerprint density at radius 2 is 1.63 bits per heavy atom. The lowest BCUT2D eigenvalue weighted by atomic mass is 10.1. The van der Waals surface area contributed by atoms with E-state index in [1.807, 2.05) is 0 Å². The number of nitrogens with one attached hydrogen (secondary N) is 1. The molecule has 2 amide bonds. The third kappa shape index (κ3) is 5.93. The van der Waals surface area contributed by atoms with Crippen LogP contribution in [0.1, 0.15) is 39.3 Å². The fourth-order valence-electron chi connectivity index (χ4n) is 2.59. The first kappa shape index (κ1) is 22.9. The molecule has 0 saturated heterocycles. The smallest absolute Gasteiger partial charge is 0.317 e. The maximum atomic E-state index is 12.5. The largest absolute Gasteiger partial charge is 0.481 e. The van der Waals surface area contributed by atoms with Crippen LogP contribution in [0, 0.1) is 5.92 Å². The Morgan fingerprint density at radius 1 is 1.11 bits per heavy atom. The van der Waals surface area contributed by atoms with Crippen molar-refractivity contribution in [3.63, 3.8) is 0 Å². The second kappa shape index (κ2) is 9.70. The van der Waals surface area contributed by atoms with Crippen LogP contribution < -0.4 is 5.32 Å². The van der Waals surface area contributed by atoms with Crippen molar-refractivity contribution in [3.05, 3.63) is 29.8 Å². The summed E-state index contributed by atoms with van der Waals surface area (Å²) in [7, 11) is -1.99. The number of urea groups is 1. The third-order valence-corrected chi connectivity index (χ3v) is 6.44. The number of carbonyl (C=O) groups is 2. The van der Waals surface area contributed by atoms with E-state index < -0.39 is 27.9 Å². The van der Waals surface area contributed by atoms with E-state index >= 15 is 0 Å². The minimum Gasteiger partial charge on any atom is -0.481 e. The van der Waals surface area contributed by atoms with Crippen LogP contribution in [0.15, 0.2) is 29.2 Å². The summed E-state index contributed by atoms with van der Waals surface area (Å²) in [6.07, 6.45) is 0. The van der Waals surface area contributed by atoms with E-state index in [1.165, 1.54) is 35.3 Å². The summed E-state index contributed by atoms with van der Waals surface area (Å²) in [6.45, 7) is 7.77. The molecule has 0 radical (unpaired) electrons. The molecule has 0 fully saturated rings.